The lowest BCUT2D eigenvalue weighted by molar-refractivity contribution is 0.197. The van der Waals surface area contributed by atoms with Crippen molar-refractivity contribution in [3.63, 3.8) is 0 Å². The van der Waals surface area contributed by atoms with Crippen molar-refractivity contribution in [1.29, 1.82) is 0 Å². The van der Waals surface area contributed by atoms with Gasteiger partial charge in [-0.2, -0.15) is 0 Å². The SMILES string of the molecule is C[C@H](CCn1ccnc1C(C)(C)F)Cc1ccc(S(=O)(=O)NC(=O)O)c(-c2ccccc2)c1. The normalized spacial score (nSPS) is 13.0. The van der Waals surface area contributed by atoms with Crippen LogP contribution in [0.4, 0.5) is 9.18 Å². The molecule has 33 heavy (non-hydrogen) atoms. The Morgan fingerprint density at radius 1 is 1.21 bits per heavy atom. The third-order valence-electron chi connectivity index (χ3n) is 5.33. The van der Waals surface area contributed by atoms with Crippen molar-refractivity contribution in [3.8, 4) is 11.1 Å². The lowest BCUT2D eigenvalue weighted by Crippen LogP contribution is -2.29. The average Bonchev–Trinajstić information content (AvgIpc) is 3.21. The largest absolute Gasteiger partial charge is 0.464 e. The number of imidazole rings is 1. The van der Waals surface area contributed by atoms with Crippen molar-refractivity contribution in [3.05, 3.63) is 72.3 Å². The Labute approximate surface area is 193 Å². The molecule has 1 aromatic heterocycles. The van der Waals surface area contributed by atoms with Crippen LogP contribution in [0, 0.1) is 5.92 Å². The van der Waals surface area contributed by atoms with Crippen LogP contribution >= 0.6 is 0 Å². The number of benzene rings is 2. The number of nitrogens with zero attached hydrogens (tertiary/aromatic N) is 2. The van der Waals surface area contributed by atoms with Gasteiger partial charge in [-0.05, 0) is 55.9 Å². The summed E-state index contributed by atoms with van der Waals surface area (Å²) in [6.45, 7) is 5.66. The summed E-state index contributed by atoms with van der Waals surface area (Å²) in [5.41, 5.74) is 0.506. The second kappa shape index (κ2) is 9.74. The summed E-state index contributed by atoms with van der Waals surface area (Å²) in [7, 11) is -4.24. The number of carboxylic acid groups (broad SMARTS) is 1. The first-order valence-corrected chi connectivity index (χ1v) is 12.1. The molecule has 0 saturated heterocycles. The Hall–Kier alpha value is -3.20. The fraction of sp³-hybridized carbons (Fsp3) is 0.333. The number of aromatic nitrogens is 2. The van der Waals surface area contributed by atoms with Crippen molar-refractivity contribution in [2.45, 2.75) is 50.7 Å². The van der Waals surface area contributed by atoms with Gasteiger partial charge in [0, 0.05) is 24.5 Å². The van der Waals surface area contributed by atoms with Gasteiger partial charge in [0.15, 0.2) is 5.67 Å². The number of sulfonamides is 1. The van der Waals surface area contributed by atoms with Gasteiger partial charge in [-0.15, -0.1) is 0 Å². The highest BCUT2D eigenvalue weighted by Crippen LogP contribution is 2.30. The van der Waals surface area contributed by atoms with E-state index in [9.17, 15) is 17.6 Å². The molecular weight excluding hydrogens is 445 g/mol. The molecule has 9 heteroatoms. The zero-order valence-corrected chi connectivity index (χ0v) is 19.6. The van der Waals surface area contributed by atoms with Crippen molar-refractivity contribution >= 4 is 16.1 Å². The van der Waals surface area contributed by atoms with Gasteiger partial charge >= 0.3 is 6.09 Å². The van der Waals surface area contributed by atoms with Crippen molar-refractivity contribution in [1.82, 2.24) is 14.3 Å². The zero-order chi connectivity index (χ0) is 24.2. The van der Waals surface area contributed by atoms with Gasteiger partial charge in [0.1, 0.15) is 5.82 Å². The standard InChI is InChI=1S/C24H28FN3O4S/c1-17(11-13-28-14-12-26-22(28)24(2,3)25)15-18-9-10-21(33(31,32)27-23(29)30)20(16-18)19-7-5-4-6-8-19/h4-10,12,14,16-17,27H,11,13,15H2,1-3H3,(H,29,30)/t17-/m1/s1. The lowest BCUT2D eigenvalue weighted by Gasteiger charge is -2.18. The summed E-state index contributed by atoms with van der Waals surface area (Å²) in [4.78, 5) is 15.0. The van der Waals surface area contributed by atoms with E-state index in [-0.39, 0.29) is 10.8 Å². The Balaban J connectivity index is 1.83. The van der Waals surface area contributed by atoms with Crippen LogP contribution in [-0.2, 0) is 28.7 Å². The van der Waals surface area contributed by atoms with E-state index in [0.29, 0.717) is 29.9 Å². The molecule has 7 nitrogen and oxygen atoms in total. The number of amides is 1. The number of rotatable bonds is 9. The zero-order valence-electron chi connectivity index (χ0n) is 18.8. The number of halogens is 1. The highest BCUT2D eigenvalue weighted by Gasteiger charge is 2.25. The summed E-state index contributed by atoms with van der Waals surface area (Å²) < 4.78 is 42.9. The smallest absolute Gasteiger partial charge is 0.418 e. The summed E-state index contributed by atoms with van der Waals surface area (Å²) in [5.74, 6) is 0.618. The average molecular weight is 474 g/mol. The highest BCUT2D eigenvalue weighted by atomic mass is 32.2. The van der Waals surface area contributed by atoms with Crippen molar-refractivity contribution in [2.75, 3.05) is 0 Å². The van der Waals surface area contributed by atoms with E-state index in [0.717, 1.165) is 12.0 Å². The minimum absolute atomic E-state index is 0.0965. The third-order valence-corrected chi connectivity index (χ3v) is 6.71. The number of hydrogen-bond acceptors (Lipinski definition) is 4. The van der Waals surface area contributed by atoms with Crippen LogP contribution in [-0.4, -0.2) is 29.2 Å². The molecule has 2 aromatic carbocycles. The second-order valence-electron chi connectivity index (χ2n) is 8.62. The van der Waals surface area contributed by atoms with Crippen LogP contribution in [0.3, 0.4) is 0 Å². The van der Waals surface area contributed by atoms with Crippen LogP contribution < -0.4 is 4.72 Å². The molecular formula is C24H28FN3O4S. The predicted octanol–water partition coefficient (Wildman–Crippen LogP) is 4.98. The van der Waals surface area contributed by atoms with E-state index in [1.54, 1.807) is 53.5 Å². The number of aryl methyl sites for hydroxylation is 1. The topological polar surface area (TPSA) is 101 Å². The molecule has 0 saturated carbocycles. The van der Waals surface area contributed by atoms with Gasteiger partial charge < -0.3 is 9.67 Å². The van der Waals surface area contributed by atoms with Gasteiger partial charge in [-0.25, -0.2) is 27.3 Å². The molecule has 0 fully saturated rings. The van der Waals surface area contributed by atoms with Crippen LogP contribution in [0.5, 0.6) is 0 Å². The molecule has 0 aliphatic rings. The van der Waals surface area contributed by atoms with Crippen LogP contribution in [0.25, 0.3) is 11.1 Å². The van der Waals surface area contributed by atoms with E-state index in [1.165, 1.54) is 19.9 Å². The number of nitrogens with one attached hydrogen (secondary N) is 1. The first-order chi connectivity index (χ1) is 15.5. The van der Waals surface area contributed by atoms with E-state index in [4.69, 9.17) is 5.11 Å². The monoisotopic (exact) mass is 473 g/mol. The molecule has 0 bridgehead atoms. The van der Waals surface area contributed by atoms with E-state index in [1.807, 2.05) is 10.6 Å². The maximum Gasteiger partial charge on any atom is 0.418 e. The van der Waals surface area contributed by atoms with E-state index < -0.39 is 21.8 Å². The van der Waals surface area contributed by atoms with Gasteiger partial charge in [-0.1, -0.05) is 43.3 Å². The number of carbonyl (C=O) groups is 1. The molecule has 2 N–H and O–H groups in total. The van der Waals surface area contributed by atoms with Gasteiger partial charge in [0.2, 0.25) is 0 Å². The van der Waals surface area contributed by atoms with Gasteiger partial charge in [-0.3, -0.25) is 0 Å². The molecule has 0 aliphatic carbocycles. The molecule has 3 rings (SSSR count). The van der Waals surface area contributed by atoms with E-state index >= 15 is 0 Å². The number of alkyl halides is 1. The fourth-order valence-corrected chi connectivity index (χ4v) is 4.87. The van der Waals surface area contributed by atoms with Crippen LogP contribution in [0.15, 0.2) is 65.8 Å². The maximum absolute atomic E-state index is 14.3. The molecule has 0 spiro atoms. The van der Waals surface area contributed by atoms with Crippen molar-refractivity contribution in [2.24, 2.45) is 5.92 Å². The second-order valence-corrected chi connectivity index (χ2v) is 10.3. The summed E-state index contributed by atoms with van der Waals surface area (Å²) in [6.07, 6.45) is 3.18. The quantitative estimate of drug-likeness (QED) is 0.456. The molecule has 3 aromatic rings. The highest BCUT2D eigenvalue weighted by molar-refractivity contribution is 7.90. The predicted molar refractivity (Wildman–Crippen MR) is 124 cm³/mol. The lowest BCUT2D eigenvalue weighted by atomic mass is 9.95. The maximum atomic E-state index is 14.3. The minimum Gasteiger partial charge on any atom is -0.464 e. The fourth-order valence-electron chi connectivity index (χ4n) is 3.82. The Bertz CT molecular complexity index is 1220. The van der Waals surface area contributed by atoms with E-state index in [2.05, 4.69) is 11.9 Å². The Morgan fingerprint density at radius 3 is 2.55 bits per heavy atom. The molecule has 0 aliphatic heterocycles. The number of hydrogen-bond donors (Lipinski definition) is 2. The molecule has 1 amide bonds. The molecule has 0 radical (unpaired) electrons. The van der Waals surface area contributed by atoms with Crippen molar-refractivity contribution < 1.29 is 22.7 Å². The molecule has 0 unspecified atom stereocenters. The van der Waals surface area contributed by atoms with Gasteiger partial charge in [0.25, 0.3) is 10.0 Å². The molecule has 176 valence electrons. The first-order valence-electron chi connectivity index (χ1n) is 10.6. The third kappa shape index (κ3) is 6.19. The first kappa shape index (κ1) is 24.4. The Morgan fingerprint density at radius 2 is 1.91 bits per heavy atom. The molecule has 1 heterocycles. The van der Waals surface area contributed by atoms with Crippen LogP contribution in [0.1, 0.15) is 38.6 Å². The van der Waals surface area contributed by atoms with Gasteiger partial charge in [0.05, 0.1) is 4.90 Å². The summed E-state index contributed by atoms with van der Waals surface area (Å²) >= 11 is 0. The minimum atomic E-state index is -4.24. The summed E-state index contributed by atoms with van der Waals surface area (Å²) in [5, 5.41) is 8.93. The van der Waals surface area contributed by atoms with Crippen LogP contribution in [0.2, 0.25) is 0 Å². The molecule has 1 atom stereocenters. The Kier molecular flexibility index (Phi) is 7.22. The summed E-state index contributed by atoms with van der Waals surface area (Å²) in [6, 6.07) is 13.9.